The molecule has 2 heterocycles. The lowest BCUT2D eigenvalue weighted by Gasteiger charge is -2.32. The van der Waals surface area contributed by atoms with Gasteiger partial charge in [-0.05, 0) is 45.4 Å². The van der Waals surface area contributed by atoms with Crippen molar-refractivity contribution in [3.05, 3.63) is 71.6 Å². The average molecular weight is 380 g/mol. The highest BCUT2D eigenvalue weighted by Crippen LogP contribution is 2.46. The molecule has 1 fully saturated rings. The molecule has 1 saturated heterocycles. The number of aromatic hydroxyl groups is 1. The molecule has 0 radical (unpaired) electrons. The third-order valence-electron chi connectivity index (χ3n) is 5.59. The first kappa shape index (κ1) is 18.8. The third kappa shape index (κ3) is 3.03. The second-order valence-corrected chi connectivity index (χ2v) is 8.01. The molecule has 0 spiro atoms. The highest BCUT2D eigenvalue weighted by molar-refractivity contribution is 6.56. The summed E-state index contributed by atoms with van der Waals surface area (Å²) in [7, 11) is -1.13. The van der Waals surface area contributed by atoms with Crippen LogP contribution in [0.25, 0.3) is 11.1 Å². The van der Waals surface area contributed by atoms with E-state index >= 15 is 4.39 Å². The van der Waals surface area contributed by atoms with Gasteiger partial charge in [0.15, 0.2) is 0 Å². The Balaban J connectivity index is 1.88. The summed E-state index contributed by atoms with van der Waals surface area (Å²) in [6, 6.07) is 14.0. The number of phenols is 1. The van der Waals surface area contributed by atoms with Gasteiger partial charge >= 0.3 is 7.12 Å². The molecule has 0 aliphatic carbocycles. The van der Waals surface area contributed by atoms with Gasteiger partial charge in [0, 0.05) is 22.8 Å². The molecule has 2 aliphatic heterocycles. The van der Waals surface area contributed by atoms with Gasteiger partial charge in [-0.1, -0.05) is 30.3 Å². The molecule has 0 amide bonds. The van der Waals surface area contributed by atoms with E-state index in [0.717, 1.165) is 5.56 Å². The van der Waals surface area contributed by atoms with E-state index in [1.54, 1.807) is 6.07 Å². The van der Waals surface area contributed by atoms with Crippen molar-refractivity contribution in [3.63, 3.8) is 0 Å². The van der Waals surface area contributed by atoms with Crippen LogP contribution in [0.1, 0.15) is 38.8 Å². The van der Waals surface area contributed by atoms with E-state index in [9.17, 15) is 5.11 Å². The number of hydrogen-bond acceptors (Lipinski definition) is 4. The van der Waals surface area contributed by atoms with E-state index in [0.29, 0.717) is 22.5 Å². The Morgan fingerprint density at radius 1 is 0.964 bits per heavy atom. The molecular weight excluding hydrogens is 358 g/mol. The van der Waals surface area contributed by atoms with Crippen LogP contribution in [-0.4, -0.2) is 23.4 Å². The number of ether oxygens (including phenoxy) is 1. The molecule has 6 heteroatoms. The molecule has 0 unspecified atom stereocenters. The standard InChI is InChI=1S/C22H22BFO4/c1-21(2)22(3,4)28-23(27-21)20(24)19-16-11-10-15(25)12-18(16)26-13-17(19)14-8-6-5-7-9-14/h5-13,25H,1-4H3. The molecule has 4 nitrogen and oxygen atoms in total. The molecular formula is C22H22BFO4. The van der Waals surface area contributed by atoms with Gasteiger partial charge in [0.1, 0.15) is 17.2 Å². The lowest BCUT2D eigenvalue weighted by Crippen LogP contribution is -2.41. The van der Waals surface area contributed by atoms with Gasteiger partial charge in [0.2, 0.25) is 0 Å². The molecule has 0 atom stereocenters. The normalized spacial score (nSPS) is 21.6. The Kier molecular flexibility index (Phi) is 4.36. The van der Waals surface area contributed by atoms with Gasteiger partial charge in [-0.15, -0.1) is 0 Å². The molecule has 144 valence electrons. The van der Waals surface area contributed by atoms with Crippen molar-refractivity contribution in [2.45, 2.75) is 38.9 Å². The molecule has 0 aromatic heterocycles. The quantitative estimate of drug-likeness (QED) is 0.734. The van der Waals surface area contributed by atoms with Gasteiger partial charge in [0.05, 0.1) is 17.5 Å². The van der Waals surface area contributed by atoms with E-state index in [1.807, 2.05) is 58.0 Å². The van der Waals surface area contributed by atoms with Crippen molar-refractivity contribution < 1.29 is 23.5 Å². The summed E-state index contributed by atoms with van der Waals surface area (Å²) in [6.45, 7) is 7.54. The Bertz CT molecular complexity index is 963. The molecule has 2 aromatic rings. The molecule has 1 N–H and O–H groups in total. The van der Waals surface area contributed by atoms with Crippen LogP contribution in [0.2, 0.25) is 0 Å². The summed E-state index contributed by atoms with van der Waals surface area (Å²) < 4.78 is 33.4. The van der Waals surface area contributed by atoms with E-state index in [4.69, 9.17) is 14.0 Å². The Hall–Kier alpha value is -2.57. The molecule has 28 heavy (non-hydrogen) atoms. The third-order valence-corrected chi connectivity index (χ3v) is 5.59. The summed E-state index contributed by atoms with van der Waals surface area (Å²) in [5.74, 6) is 0.423. The van der Waals surface area contributed by atoms with Crippen LogP contribution in [0, 0.1) is 0 Å². The predicted molar refractivity (Wildman–Crippen MR) is 107 cm³/mol. The summed E-state index contributed by atoms with van der Waals surface area (Å²) in [5, 5.41) is 9.78. The minimum absolute atomic E-state index is 0.0469. The monoisotopic (exact) mass is 380 g/mol. The zero-order chi connectivity index (χ0) is 20.1. The van der Waals surface area contributed by atoms with Crippen molar-refractivity contribution in [1.29, 1.82) is 0 Å². The topological polar surface area (TPSA) is 47.9 Å². The second-order valence-electron chi connectivity index (χ2n) is 8.01. The van der Waals surface area contributed by atoms with Gasteiger partial charge < -0.3 is 19.2 Å². The average Bonchev–Trinajstić information content (AvgIpc) is 2.88. The highest BCUT2D eigenvalue weighted by atomic mass is 19.1. The lowest BCUT2D eigenvalue weighted by molar-refractivity contribution is 0.00578. The van der Waals surface area contributed by atoms with Crippen LogP contribution < -0.4 is 4.74 Å². The van der Waals surface area contributed by atoms with Gasteiger partial charge in [-0.3, -0.25) is 0 Å². The number of allylic oxidation sites excluding steroid dienone is 2. The molecule has 2 aromatic carbocycles. The Morgan fingerprint density at radius 2 is 1.61 bits per heavy atom. The van der Waals surface area contributed by atoms with Gasteiger partial charge in [-0.25, -0.2) is 4.39 Å². The first-order chi connectivity index (χ1) is 13.2. The van der Waals surface area contributed by atoms with E-state index in [2.05, 4.69) is 0 Å². The van der Waals surface area contributed by atoms with Gasteiger partial charge in [-0.2, -0.15) is 0 Å². The van der Waals surface area contributed by atoms with E-state index in [1.165, 1.54) is 18.4 Å². The van der Waals surface area contributed by atoms with Crippen molar-refractivity contribution in [2.75, 3.05) is 0 Å². The maximum Gasteiger partial charge on any atom is 0.525 e. The summed E-state index contributed by atoms with van der Waals surface area (Å²) in [4.78, 5) is 0. The number of phenolic OH excluding ortho intramolecular Hbond substituents is 1. The number of halogens is 1. The van der Waals surface area contributed by atoms with Crippen LogP contribution >= 0.6 is 0 Å². The minimum Gasteiger partial charge on any atom is -0.508 e. The van der Waals surface area contributed by atoms with Crippen LogP contribution in [0.5, 0.6) is 11.5 Å². The molecule has 2 aliphatic rings. The van der Waals surface area contributed by atoms with Crippen molar-refractivity contribution in [2.24, 2.45) is 0 Å². The summed E-state index contributed by atoms with van der Waals surface area (Å²) in [6.07, 6.45) is 1.50. The van der Waals surface area contributed by atoms with E-state index < -0.39 is 24.0 Å². The van der Waals surface area contributed by atoms with Crippen molar-refractivity contribution >= 4 is 18.3 Å². The summed E-state index contributed by atoms with van der Waals surface area (Å²) in [5.41, 5.74) is 0.430. The first-order valence-corrected chi connectivity index (χ1v) is 9.21. The zero-order valence-corrected chi connectivity index (χ0v) is 16.3. The number of fused-ring (bicyclic) bond motifs is 1. The van der Waals surface area contributed by atoms with Gasteiger partial charge in [0.25, 0.3) is 0 Å². The van der Waals surface area contributed by atoms with Crippen LogP contribution in [-0.2, 0) is 9.31 Å². The highest BCUT2D eigenvalue weighted by Gasteiger charge is 2.54. The van der Waals surface area contributed by atoms with Crippen molar-refractivity contribution in [3.8, 4) is 11.5 Å². The molecule has 0 bridgehead atoms. The van der Waals surface area contributed by atoms with Crippen LogP contribution in [0.15, 0.2) is 60.5 Å². The number of hydrogen-bond donors (Lipinski definition) is 1. The largest absolute Gasteiger partial charge is 0.525 e. The van der Waals surface area contributed by atoms with Crippen LogP contribution in [0.4, 0.5) is 4.39 Å². The maximum absolute atomic E-state index is 15.9. The SMILES string of the molecule is CC1(C)OB(C(F)=C2C(c3ccccc3)=COc3cc(O)ccc32)OC1(C)C. The summed E-state index contributed by atoms with van der Waals surface area (Å²) >= 11 is 0. The second kappa shape index (κ2) is 6.50. The van der Waals surface area contributed by atoms with E-state index in [-0.39, 0.29) is 5.75 Å². The van der Waals surface area contributed by atoms with Crippen LogP contribution in [0.3, 0.4) is 0 Å². The predicted octanol–water partition coefficient (Wildman–Crippen LogP) is 5.14. The van der Waals surface area contributed by atoms with Crippen molar-refractivity contribution in [1.82, 2.24) is 0 Å². The Labute approximate surface area is 164 Å². The molecule has 4 rings (SSSR count). The lowest BCUT2D eigenvalue weighted by atomic mass is 9.78. The fraction of sp³-hybridized carbons (Fsp3) is 0.273. The smallest absolute Gasteiger partial charge is 0.508 e. The molecule has 0 saturated carbocycles. The fourth-order valence-electron chi connectivity index (χ4n) is 3.29. The maximum atomic E-state index is 15.9. The first-order valence-electron chi connectivity index (χ1n) is 9.21. The Morgan fingerprint density at radius 3 is 2.25 bits per heavy atom. The minimum atomic E-state index is -1.13. The zero-order valence-electron chi connectivity index (χ0n) is 16.3. The number of benzene rings is 2. The fourth-order valence-corrected chi connectivity index (χ4v) is 3.29. The number of rotatable bonds is 2.